The zero-order chi connectivity index (χ0) is 23.5. The third-order valence-corrected chi connectivity index (χ3v) is 12.0. The first-order chi connectivity index (χ1) is 13.5. The fourth-order valence-corrected chi connectivity index (χ4v) is 12.3. The van der Waals surface area contributed by atoms with E-state index in [1.54, 1.807) is 0 Å². The summed E-state index contributed by atoms with van der Waals surface area (Å²) >= 11 is 0. The topological polar surface area (TPSA) is 92.7 Å². The van der Waals surface area contributed by atoms with Gasteiger partial charge in [0.05, 0.1) is 32.9 Å². The van der Waals surface area contributed by atoms with Crippen molar-refractivity contribution < 1.29 is 26.4 Å². The first-order valence-corrected chi connectivity index (χ1v) is 19.4. The van der Waals surface area contributed by atoms with Gasteiger partial charge in [0.2, 0.25) is 5.91 Å². The Hall–Kier alpha value is -0.266. The van der Waals surface area contributed by atoms with Crippen LogP contribution in [-0.2, 0) is 19.0 Å². The molecule has 0 bridgehead atoms. The van der Waals surface area contributed by atoms with E-state index in [-0.39, 0.29) is 11.7 Å². The summed E-state index contributed by atoms with van der Waals surface area (Å²) in [5.74, 6) is -0.0211. The summed E-state index contributed by atoms with van der Waals surface area (Å²) < 4.78 is 37.4. The van der Waals surface area contributed by atoms with Crippen molar-refractivity contribution in [2.75, 3.05) is 39.5 Å². The number of hydrogen-bond donors (Lipinski definition) is 2. The van der Waals surface area contributed by atoms with Crippen molar-refractivity contribution in [1.82, 2.24) is 5.32 Å². The van der Waals surface area contributed by atoms with Gasteiger partial charge in [-0.2, -0.15) is 8.42 Å². The fraction of sp³-hybridized carbons (Fsp3) is 0.950. The van der Waals surface area contributed by atoms with Crippen molar-refractivity contribution >= 4 is 32.7 Å². The lowest BCUT2D eigenvalue weighted by Crippen LogP contribution is -2.42. The van der Waals surface area contributed by atoms with E-state index in [1.165, 1.54) is 0 Å². The molecule has 0 fully saturated rings. The number of carbonyl (C=O) groups is 1. The number of amides is 1. The van der Waals surface area contributed by atoms with Crippen molar-refractivity contribution in [2.45, 2.75) is 83.7 Å². The second-order valence-electron chi connectivity index (χ2n) is 10.6. The van der Waals surface area contributed by atoms with E-state index in [1.807, 2.05) is 0 Å². The van der Waals surface area contributed by atoms with Crippen molar-refractivity contribution in [3.8, 4) is 0 Å². The van der Waals surface area contributed by atoms with Crippen LogP contribution in [0.3, 0.4) is 0 Å². The Labute approximate surface area is 187 Å². The molecular weight excluding hydrogens is 436 g/mol. The van der Waals surface area contributed by atoms with E-state index in [0.717, 1.165) is 62.3 Å². The molecule has 180 valence electrons. The third-order valence-electron chi connectivity index (χ3n) is 4.94. The highest BCUT2D eigenvalue weighted by molar-refractivity contribution is 7.85. The van der Waals surface area contributed by atoms with Gasteiger partial charge >= 0.3 is 0 Å². The van der Waals surface area contributed by atoms with Crippen molar-refractivity contribution in [3.63, 3.8) is 0 Å². The molecule has 0 atom stereocenters. The molecule has 7 nitrogen and oxygen atoms in total. The maximum atomic E-state index is 12.0. The second kappa shape index (κ2) is 13.3. The SMILES string of the molecule is C[N+](C)(CCCCCC(=O)NCCC[Si](C)(C)O[Si](C)(C)C)CCCCS(=O)(=O)O. The van der Waals surface area contributed by atoms with Crippen LogP contribution in [0.2, 0.25) is 38.8 Å². The summed E-state index contributed by atoms with van der Waals surface area (Å²) in [6.45, 7) is 13.8. The Balaban J connectivity index is 3.80. The maximum Gasteiger partial charge on any atom is 0.264 e. The van der Waals surface area contributed by atoms with Crippen LogP contribution in [0.25, 0.3) is 0 Å². The lowest BCUT2D eigenvalue weighted by Gasteiger charge is -2.31. The van der Waals surface area contributed by atoms with Gasteiger partial charge in [0.1, 0.15) is 0 Å². The number of unbranched alkanes of at least 4 members (excludes halogenated alkanes) is 3. The molecular formula is C20H47N2O5SSi2+. The van der Waals surface area contributed by atoms with Crippen LogP contribution in [0.15, 0.2) is 0 Å². The van der Waals surface area contributed by atoms with Gasteiger partial charge in [-0.1, -0.05) is 0 Å². The zero-order valence-corrected chi connectivity index (χ0v) is 23.2. The summed E-state index contributed by atoms with van der Waals surface area (Å²) in [5.41, 5.74) is 0. The quantitative estimate of drug-likeness (QED) is 0.142. The average molecular weight is 484 g/mol. The van der Waals surface area contributed by atoms with Gasteiger partial charge in [0.15, 0.2) is 16.6 Å². The normalized spacial score (nSPS) is 13.5. The first kappa shape index (κ1) is 29.7. The highest BCUT2D eigenvalue weighted by atomic mass is 32.2. The van der Waals surface area contributed by atoms with Crippen LogP contribution < -0.4 is 5.32 Å². The van der Waals surface area contributed by atoms with Gasteiger partial charge in [-0.3, -0.25) is 9.35 Å². The molecule has 2 N–H and O–H groups in total. The van der Waals surface area contributed by atoms with Gasteiger partial charge in [0, 0.05) is 13.0 Å². The van der Waals surface area contributed by atoms with Crippen LogP contribution in [0.1, 0.15) is 44.9 Å². The highest BCUT2D eigenvalue weighted by Crippen LogP contribution is 2.19. The molecule has 30 heavy (non-hydrogen) atoms. The molecule has 0 saturated carbocycles. The number of carbonyl (C=O) groups excluding carboxylic acids is 1. The zero-order valence-electron chi connectivity index (χ0n) is 20.4. The van der Waals surface area contributed by atoms with Gasteiger partial charge < -0.3 is 13.9 Å². The maximum absolute atomic E-state index is 12.0. The van der Waals surface area contributed by atoms with Crippen LogP contribution in [0.5, 0.6) is 0 Å². The molecule has 10 heteroatoms. The van der Waals surface area contributed by atoms with Gasteiger partial charge in [-0.05, 0) is 77.3 Å². The summed E-state index contributed by atoms with van der Waals surface area (Å²) in [6.07, 6.45) is 5.79. The lowest BCUT2D eigenvalue weighted by atomic mass is 10.1. The average Bonchev–Trinajstić information content (AvgIpc) is 2.52. The molecule has 0 unspecified atom stereocenters. The molecule has 1 amide bonds. The smallest absolute Gasteiger partial charge is 0.264 e. The molecule has 0 rings (SSSR count). The number of hydrogen-bond acceptors (Lipinski definition) is 4. The predicted molar refractivity (Wildman–Crippen MR) is 130 cm³/mol. The Morgan fingerprint density at radius 2 is 1.50 bits per heavy atom. The Bertz CT molecular complexity index is 605. The fourth-order valence-electron chi connectivity index (χ4n) is 3.65. The van der Waals surface area contributed by atoms with Crippen LogP contribution in [-0.4, -0.2) is 79.5 Å². The van der Waals surface area contributed by atoms with E-state index >= 15 is 0 Å². The van der Waals surface area contributed by atoms with Crippen molar-refractivity contribution in [3.05, 3.63) is 0 Å². The Kier molecular flexibility index (Phi) is 13.2. The van der Waals surface area contributed by atoms with Crippen molar-refractivity contribution in [2.24, 2.45) is 0 Å². The van der Waals surface area contributed by atoms with Gasteiger partial charge in [0.25, 0.3) is 10.1 Å². The Morgan fingerprint density at radius 3 is 2.03 bits per heavy atom. The molecule has 0 aliphatic carbocycles. The molecule has 0 heterocycles. The van der Waals surface area contributed by atoms with E-state index < -0.39 is 26.8 Å². The second-order valence-corrected chi connectivity index (χ2v) is 21.2. The number of nitrogens with one attached hydrogen (secondary N) is 1. The molecule has 0 spiro atoms. The largest absolute Gasteiger partial charge is 0.456 e. The van der Waals surface area contributed by atoms with Crippen LogP contribution in [0, 0.1) is 0 Å². The molecule has 0 aliphatic heterocycles. The van der Waals surface area contributed by atoms with E-state index in [2.05, 4.69) is 52.1 Å². The Morgan fingerprint density at radius 1 is 0.933 bits per heavy atom. The van der Waals surface area contributed by atoms with E-state index in [9.17, 15) is 13.2 Å². The lowest BCUT2D eigenvalue weighted by molar-refractivity contribution is -0.890. The third kappa shape index (κ3) is 19.7. The predicted octanol–water partition coefficient (Wildman–Crippen LogP) is 3.85. The number of quaternary nitrogens is 1. The minimum atomic E-state index is -3.85. The monoisotopic (exact) mass is 483 g/mol. The number of nitrogens with zero attached hydrogens (tertiary/aromatic N) is 1. The molecule has 0 aromatic rings. The summed E-state index contributed by atoms with van der Waals surface area (Å²) in [6, 6.07) is 1.08. The molecule has 0 saturated heterocycles. The summed E-state index contributed by atoms with van der Waals surface area (Å²) in [5, 5.41) is 3.04. The van der Waals surface area contributed by atoms with Crippen LogP contribution in [0.4, 0.5) is 0 Å². The molecule has 0 aromatic carbocycles. The standard InChI is InChI=1S/C20H46N2O5SSi2/c1-22(2,17-11-12-18-28(24,25)26)16-10-8-9-14-20(23)21-15-13-19-30(6,7)27-29(3,4)5/h8-19H2,1-7H3,(H-,21,23,24,25,26)/p+1. The molecule has 0 aromatic heterocycles. The number of rotatable bonds is 17. The minimum Gasteiger partial charge on any atom is -0.456 e. The highest BCUT2D eigenvalue weighted by Gasteiger charge is 2.28. The van der Waals surface area contributed by atoms with Crippen LogP contribution >= 0.6 is 0 Å². The van der Waals surface area contributed by atoms with Gasteiger partial charge in [-0.15, -0.1) is 0 Å². The first-order valence-electron chi connectivity index (χ1n) is 11.3. The van der Waals surface area contributed by atoms with Gasteiger partial charge in [-0.25, -0.2) is 0 Å². The summed E-state index contributed by atoms with van der Waals surface area (Å²) in [4.78, 5) is 12.0. The van der Waals surface area contributed by atoms with Crippen molar-refractivity contribution in [1.29, 1.82) is 0 Å². The van der Waals surface area contributed by atoms with E-state index in [4.69, 9.17) is 8.67 Å². The minimum absolute atomic E-state index is 0.138. The summed E-state index contributed by atoms with van der Waals surface area (Å²) in [7, 11) is -2.69. The molecule has 0 radical (unpaired) electrons. The molecule has 0 aliphatic rings. The van der Waals surface area contributed by atoms with E-state index in [0.29, 0.717) is 12.8 Å².